The third-order valence-corrected chi connectivity index (χ3v) is 2.06. The lowest BCUT2D eigenvalue weighted by atomic mass is 10.2. The van der Waals surface area contributed by atoms with E-state index < -0.39 is 18.0 Å². The van der Waals surface area contributed by atoms with Crippen LogP contribution in [-0.4, -0.2) is 17.6 Å². The Morgan fingerprint density at radius 2 is 2.27 bits per heavy atom. The lowest BCUT2D eigenvalue weighted by Crippen LogP contribution is -2.07. The zero-order valence-corrected chi connectivity index (χ0v) is 8.59. The van der Waals surface area contributed by atoms with Gasteiger partial charge in [-0.3, -0.25) is 4.98 Å². The number of rotatable bonds is 3. The van der Waals surface area contributed by atoms with Crippen LogP contribution in [0.5, 0.6) is 0 Å². The minimum absolute atomic E-state index is 0.142. The highest BCUT2D eigenvalue weighted by molar-refractivity contribution is 6.34. The first-order valence-corrected chi connectivity index (χ1v) is 4.54. The second-order valence-electron chi connectivity index (χ2n) is 2.61. The van der Waals surface area contributed by atoms with Crippen LogP contribution in [0.15, 0.2) is 12.4 Å². The molecule has 0 N–H and O–H groups in total. The lowest BCUT2D eigenvalue weighted by molar-refractivity contribution is 0.0525. The average Bonchev–Trinajstić information content (AvgIpc) is 2.17. The van der Waals surface area contributed by atoms with Crippen molar-refractivity contribution < 1.29 is 18.3 Å². The van der Waals surface area contributed by atoms with Crippen LogP contribution in [-0.2, 0) is 4.74 Å². The van der Waals surface area contributed by atoms with Crippen molar-refractivity contribution in [2.75, 3.05) is 6.61 Å². The number of aromatic nitrogens is 1. The summed E-state index contributed by atoms with van der Waals surface area (Å²) in [6.45, 7) is 1.75. The van der Waals surface area contributed by atoms with E-state index in [-0.39, 0.29) is 17.2 Å². The van der Waals surface area contributed by atoms with E-state index in [1.54, 1.807) is 6.92 Å². The van der Waals surface area contributed by atoms with Crippen LogP contribution in [0, 0.1) is 0 Å². The number of ether oxygens (including phenoxy) is 1. The fourth-order valence-electron chi connectivity index (χ4n) is 0.964. The maximum atomic E-state index is 12.4. The maximum absolute atomic E-state index is 12.4. The molecule has 0 aliphatic carbocycles. The van der Waals surface area contributed by atoms with Crippen LogP contribution in [0.1, 0.15) is 29.3 Å². The summed E-state index contributed by atoms with van der Waals surface area (Å²) in [6, 6.07) is 0. The van der Waals surface area contributed by atoms with Gasteiger partial charge in [0.15, 0.2) is 0 Å². The molecule has 0 atom stereocenters. The van der Waals surface area contributed by atoms with Crippen molar-refractivity contribution in [2.24, 2.45) is 0 Å². The molecule has 0 bridgehead atoms. The molecular formula is C9H8ClF2NO2. The maximum Gasteiger partial charge on any atom is 0.341 e. The van der Waals surface area contributed by atoms with Gasteiger partial charge in [0.2, 0.25) is 0 Å². The van der Waals surface area contributed by atoms with Crippen molar-refractivity contribution in [2.45, 2.75) is 13.3 Å². The topological polar surface area (TPSA) is 39.2 Å². The minimum atomic E-state index is -2.76. The van der Waals surface area contributed by atoms with E-state index in [1.165, 1.54) is 0 Å². The zero-order chi connectivity index (χ0) is 11.4. The number of alkyl halides is 2. The van der Waals surface area contributed by atoms with Crippen LogP contribution in [0.4, 0.5) is 8.78 Å². The molecule has 0 aliphatic rings. The van der Waals surface area contributed by atoms with Crippen molar-refractivity contribution in [3.8, 4) is 0 Å². The number of carbonyl (C=O) groups is 1. The second kappa shape index (κ2) is 5.02. The number of nitrogens with zero attached hydrogens (tertiary/aromatic N) is 1. The van der Waals surface area contributed by atoms with Crippen LogP contribution >= 0.6 is 11.6 Å². The fraction of sp³-hybridized carbons (Fsp3) is 0.333. The minimum Gasteiger partial charge on any atom is -0.462 e. The van der Waals surface area contributed by atoms with E-state index in [1.807, 2.05) is 0 Å². The Morgan fingerprint density at radius 1 is 1.60 bits per heavy atom. The van der Waals surface area contributed by atoms with Gasteiger partial charge in [0, 0.05) is 12.4 Å². The highest BCUT2D eigenvalue weighted by Gasteiger charge is 2.19. The van der Waals surface area contributed by atoms with Gasteiger partial charge in [-0.1, -0.05) is 11.6 Å². The summed E-state index contributed by atoms with van der Waals surface area (Å²) < 4.78 is 29.4. The number of pyridine rings is 1. The molecule has 1 rings (SSSR count). The first-order valence-electron chi connectivity index (χ1n) is 4.16. The molecule has 1 heterocycles. The Labute approximate surface area is 90.0 Å². The molecule has 0 radical (unpaired) electrons. The molecule has 0 amide bonds. The summed E-state index contributed by atoms with van der Waals surface area (Å²) in [5.74, 6) is -0.752. The summed E-state index contributed by atoms with van der Waals surface area (Å²) >= 11 is 5.61. The molecule has 82 valence electrons. The summed E-state index contributed by atoms with van der Waals surface area (Å²) in [4.78, 5) is 14.8. The van der Waals surface area contributed by atoms with E-state index in [2.05, 4.69) is 9.72 Å². The average molecular weight is 236 g/mol. The molecule has 1 aromatic heterocycles. The molecule has 0 saturated carbocycles. The molecule has 0 unspecified atom stereocenters. The monoisotopic (exact) mass is 235 g/mol. The SMILES string of the molecule is CCOC(=O)c1cncc(C(F)F)c1Cl. The molecule has 0 aromatic carbocycles. The predicted molar refractivity (Wildman–Crippen MR) is 50.2 cm³/mol. The predicted octanol–water partition coefficient (Wildman–Crippen LogP) is 2.85. The van der Waals surface area contributed by atoms with Crippen LogP contribution in [0.25, 0.3) is 0 Å². The number of hydrogen-bond acceptors (Lipinski definition) is 3. The normalized spacial score (nSPS) is 10.5. The molecule has 3 nitrogen and oxygen atoms in total. The lowest BCUT2D eigenvalue weighted by Gasteiger charge is -2.07. The van der Waals surface area contributed by atoms with Gasteiger partial charge in [0.25, 0.3) is 6.43 Å². The third-order valence-electron chi connectivity index (χ3n) is 1.64. The van der Waals surface area contributed by atoms with Crippen molar-refractivity contribution >= 4 is 17.6 Å². The largest absolute Gasteiger partial charge is 0.462 e. The Bertz CT molecular complexity index is 371. The van der Waals surface area contributed by atoms with Crippen molar-refractivity contribution in [3.05, 3.63) is 28.5 Å². The summed E-state index contributed by atoms with van der Waals surface area (Å²) in [7, 11) is 0. The van der Waals surface area contributed by atoms with E-state index in [0.29, 0.717) is 0 Å². The number of esters is 1. The van der Waals surface area contributed by atoms with Crippen molar-refractivity contribution in [3.63, 3.8) is 0 Å². The quantitative estimate of drug-likeness (QED) is 0.757. The van der Waals surface area contributed by atoms with Gasteiger partial charge < -0.3 is 4.74 Å². The first kappa shape index (κ1) is 11.8. The molecule has 0 spiro atoms. The zero-order valence-electron chi connectivity index (χ0n) is 7.84. The van der Waals surface area contributed by atoms with Gasteiger partial charge in [-0.25, -0.2) is 13.6 Å². The molecule has 0 saturated heterocycles. The van der Waals surface area contributed by atoms with Crippen LogP contribution < -0.4 is 0 Å². The highest BCUT2D eigenvalue weighted by atomic mass is 35.5. The molecule has 1 aromatic rings. The smallest absolute Gasteiger partial charge is 0.341 e. The van der Waals surface area contributed by atoms with Gasteiger partial charge in [-0.2, -0.15) is 0 Å². The van der Waals surface area contributed by atoms with E-state index >= 15 is 0 Å². The standard InChI is InChI=1S/C9H8ClF2NO2/c1-2-15-9(14)6-4-13-3-5(7(6)10)8(11)12/h3-4,8H,2H2,1H3. The van der Waals surface area contributed by atoms with Gasteiger partial charge in [-0.05, 0) is 6.92 Å². The second-order valence-corrected chi connectivity index (χ2v) is 2.99. The van der Waals surface area contributed by atoms with Crippen molar-refractivity contribution in [1.29, 1.82) is 0 Å². The van der Waals surface area contributed by atoms with Crippen LogP contribution in [0.2, 0.25) is 5.02 Å². The molecule has 0 aliphatic heterocycles. The van der Waals surface area contributed by atoms with E-state index in [0.717, 1.165) is 12.4 Å². The number of hydrogen-bond donors (Lipinski definition) is 0. The molecule has 0 fully saturated rings. The van der Waals surface area contributed by atoms with Gasteiger partial charge >= 0.3 is 5.97 Å². The van der Waals surface area contributed by atoms with E-state index in [4.69, 9.17) is 11.6 Å². The van der Waals surface area contributed by atoms with Gasteiger partial charge in [-0.15, -0.1) is 0 Å². The Hall–Kier alpha value is -1.23. The third kappa shape index (κ3) is 2.62. The first-order chi connectivity index (χ1) is 7.07. The summed E-state index contributed by atoms with van der Waals surface area (Å²) in [6.07, 6.45) is -0.735. The Morgan fingerprint density at radius 3 is 2.80 bits per heavy atom. The Balaban J connectivity index is 3.09. The van der Waals surface area contributed by atoms with Crippen LogP contribution in [0.3, 0.4) is 0 Å². The summed E-state index contributed by atoms with van der Waals surface area (Å²) in [5.41, 5.74) is -0.612. The molecule has 6 heteroatoms. The Kier molecular flexibility index (Phi) is 3.96. The molecular weight excluding hydrogens is 228 g/mol. The van der Waals surface area contributed by atoms with E-state index in [9.17, 15) is 13.6 Å². The van der Waals surface area contributed by atoms with Crippen molar-refractivity contribution in [1.82, 2.24) is 4.98 Å². The molecule has 15 heavy (non-hydrogen) atoms. The van der Waals surface area contributed by atoms with Gasteiger partial charge in [0.1, 0.15) is 0 Å². The van der Waals surface area contributed by atoms with Gasteiger partial charge in [0.05, 0.1) is 22.8 Å². The highest BCUT2D eigenvalue weighted by Crippen LogP contribution is 2.28. The summed E-state index contributed by atoms with van der Waals surface area (Å²) in [5, 5.41) is -0.307. The number of carbonyl (C=O) groups excluding carboxylic acids is 1. The number of halogens is 3. The fourth-order valence-corrected chi connectivity index (χ4v) is 1.22.